The number of anilines is 3. The number of carbonyl (C=O) groups is 3. The van der Waals surface area contributed by atoms with Crippen LogP contribution in [0.4, 0.5) is 17.5 Å². The van der Waals surface area contributed by atoms with E-state index in [1.54, 1.807) is 23.0 Å². The number of nitrogens with two attached hydrogens (primary N) is 1. The van der Waals surface area contributed by atoms with Crippen LogP contribution < -0.4 is 26.2 Å². The van der Waals surface area contributed by atoms with Gasteiger partial charge in [-0.2, -0.15) is 5.10 Å². The maximum atomic E-state index is 14.3. The van der Waals surface area contributed by atoms with Crippen molar-refractivity contribution in [1.29, 1.82) is 0 Å². The summed E-state index contributed by atoms with van der Waals surface area (Å²) in [6.45, 7) is 9.71. The van der Waals surface area contributed by atoms with Gasteiger partial charge in [-0.05, 0) is 122 Å². The summed E-state index contributed by atoms with van der Waals surface area (Å²) in [7, 11) is 1.89. The Bertz CT molecular complexity index is 2810. The molecule has 2 saturated carbocycles. The molecule has 73 heavy (non-hydrogen) atoms. The van der Waals surface area contributed by atoms with Gasteiger partial charge in [-0.3, -0.25) is 19.1 Å². The van der Waals surface area contributed by atoms with Crippen molar-refractivity contribution in [3.63, 3.8) is 0 Å². The van der Waals surface area contributed by atoms with Crippen LogP contribution in [0.1, 0.15) is 95.6 Å². The van der Waals surface area contributed by atoms with E-state index in [9.17, 15) is 24.6 Å². The highest BCUT2D eigenvalue weighted by Gasteiger charge is 2.57. The van der Waals surface area contributed by atoms with Gasteiger partial charge >= 0.3 is 0 Å². The fourth-order valence-electron chi connectivity index (χ4n) is 13.0. The van der Waals surface area contributed by atoms with Crippen molar-refractivity contribution in [1.82, 2.24) is 50.4 Å². The smallest absolute Gasteiger partial charge is 0.246 e. The molecule has 2 bridgehead atoms. The average Bonchev–Trinajstić information content (AvgIpc) is 4.05. The van der Waals surface area contributed by atoms with E-state index in [2.05, 4.69) is 40.6 Å². The Kier molecular flexibility index (Phi) is 12.9. The molecule has 6 aliphatic rings. The minimum absolute atomic E-state index is 0.0403. The topological polar surface area (TPSA) is 224 Å². The maximum Gasteiger partial charge on any atom is 0.246 e. The van der Waals surface area contributed by atoms with E-state index >= 15 is 0 Å². The van der Waals surface area contributed by atoms with Crippen molar-refractivity contribution < 1.29 is 24.6 Å². The predicted molar refractivity (Wildman–Crippen MR) is 277 cm³/mol. The third-order valence-corrected chi connectivity index (χ3v) is 17.1. The van der Waals surface area contributed by atoms with Gasteiger partial charge in [0.25, 0.3) is 0 Å². The van der Waals surface area contributed by atoms with Crippen LogP contribution >= 0.6 is 0 Å². The van der Waals surface area contributed by atoms with Crippen molar-refractivity contribution in [3.05, 3.63) is 90.4 Å². The van der Waals surface area contributed by atoms with Crippen LogP contribution in [0.2, 0.25) is 0 Å². The molecule has 2 aromatic carbocycles. The first-order valence-corrected chi connectivity index (χ1v) is 26.2. The number of fused-ring (bicyclic) bond motifs is 2. The molecule has 7 heterocycles. The van der Waals surface area contributed by atoms with Gasteiger partial charge in [0, 0.05) is 87.8 Å². The molecule has 4 saturated heterocycles. The lowest BCUT2D eigenvalue weighted by Gasteiger charge is -2.60. The normalized spacial score (nSPS) is 26.6. The molecule has 1 spiro atoms. The van der Waals surface area contributed by atoms with Crippen LogP contribution in [-0.4, -0.2) is 137 Å². The van der Waals surface area contributed by atoms with E-state index in [4.69, 9.17) is 15.7 Å². The highest BCUT2D eigenvalue weighted by Crippen LogP contribution is 2.60. The van der Waals surface area contributed by atoms with Gasteiger partial charge in [0.15, 0.2) is 5.82 Å². The number of β-amino-alcohol motifs (C(OH)–C–C–N with tert-alkyl or cyclic N) is 1. The Morgan fingerprint density at radius 2 is 1.56 bits per heavy atom. The number of piperidine rings is 1. The number of para-hydroxylation sites is 1. The average molecular weight is 992 g/mol. The van der Waals surface area contributed by atoms with Crippen molar-refractivity contribution >= 4 is 35.2 Å². The van der Waals surface area contributed by atoms with Crippen LogP contribution in [-0.2, 0) is 28.0 Å². The largest absolute Gasteiger partial charge is 0.507 e. The molecule has 6 N–H and O–H groups in total. The number of likely N-dealkylation sites (tertiary alicyclic amines) is 2. The fraction of sp³-hybridized carbons (Fsp3) is 0.527. The molecule has 0 radical (unpaired) electrons. The number of phenolic OH excluding ortho intramolecular Hbond substituents is 1. The van der Waals surface area contributed by atoms with Crippen molar-refractivity contribution in [2.24, 2.45) is 23.8 Å². The first-order valence-electron chi connectivity index (χ1n) is 26.2. The molecule has 384 valence electrons. The van der Waals surface area contributed by atoms with E-state index in [0.29, 0.717) is 29.0 Å². The third-order valence-electron chi connectivity index (χ3n) is 17.1. The number of aromatic hydroxyl groups is 1. The number of piperazine rings is 1. The summed E-state index contributed by atoms with van der Waals surface area (Å²) >= 11 is 0. The molecule has 3 amide bonds. The zero-order valence-electron chi connectivity index (χ0n) is 42.4. The molecule has 18 heteroatoms. The van der Waals surface area contributed by atoms with Crippen LogP contribution in [0.5, 0.6) is 5.75 Å². The number of aromatic nitrogens is 6. The number of hydrogen-bond donors (Lipinski definition) is 5. The minimum atomic E-state index is -0.844. The predicted octanol–water partition coefficient (Wildman–Crippen LogP) is 5.03. The Morgan fingerprint density at radius 1 is 0.863 bits per heavy atom. The number of nitrogen functional groups attached to an aromatic ring is 1. The lowest BCUT2D eigenvalue weighted by molar-refractivity contribution is -0.150. The molecule has 4 aliphatic heterocycles. The van der Waals surface area contributed by atoms with Crippen molar-refractivity contribution in [2.45, 2.75) is 127 Å². The van der Waals surface area contributed by atoms with E-state index in [1.807, 2.05) is 88.7 Å². The van der Waals surface area contributed by atoms with E-state index in [1.165, 1.54) is 10.5 Å². The van der Waals surface area contributed by atoms with Gasteiger partial charge < -0.3 is 46.2 Å². The van der Waals surface area contributed by atoms with Gasteiger partial charge in [0.05, 0.1) is 23.2 Å². The second-order valence-corrected chi connectivity index (χ2v) is 23.0. The lowest BCUT2D eigenvalue weighted by Crippen LogP contribution is -2.62. The third kappa shape index (κ3) is 9.59. The van der Waals surface area contributed by atoms with Gasteiger partial charge in [-0.25, -0.2) is 9.97 Å². The van der Waals surface area contributed by atoms with Crippen LogP contribution in [0, 0.1) is 16.7 Å². The highest BCUT2D eigenvalue weighted by atomic mass is 16.3. The minimum Gasteiger partial charge on any atom is -0.507 e. The Morgan fingerprint density at radius 3 is 2.22 bits per heavy atom. The molecule has 5 atom stereocenters. The number of benzene rings is 2. The summed E-state index contributed by atoms with van der Waals surface area (Å²) in [5, 5.41) is 40.1. The quantitative estimate of drug-likeness (QED) is 0.111. The first-order chi connectivity index (χ1) is 35.1. The summed E-state index contributed by atoms with van der Waals surface area (Å²) in [4.78, 5) is 60.5. The van der Waals surface area contributed by atoms with Crippen LogP contribution in [0.3, 0.4) is 0 Å². The summed E-state index contributed by atoms with van der Waals surface area (Å²) < 4.78 is 1.81. The zero-order valence-corrected chi connectivity index (χ0v) is 42.4. The van der Waals surface area contributed by atoms with E-state index < -0.39 is 23.6 Å². The number of carbonyl (C=O) groups excluding carboxylic acids is 3. The summed E-state index contributed by atoms with van der Waals surface area (Å²) in [6.07, 6.45) is 13.2. The number of amides is 3. The highest BCUT2D eigenvalue weighted by molar-refractivity contribution is 5.94. The molecule has 2 aliphatic carbocycles. The SMILES string of the molecule is Cn1nccc1-c1ccc(CNC(=O)[C@@H]2C[C@@H](O)CN2C(=O)[C@@H](NC(=O)C2CC3(C2)CC(N2CCC(c4cnc(N5C6CCC5CN(c5cc(-c7ccccc7O)nnc5N)C6)nc4)CC2)C3)C(C)(C)C)cc1. The molecule has 3 aromatic heterocycles. The maximum absolute atomic E-state index is 14.3. The Hall–Kier alpha value is -6.66. The van der Waals surface area contributed by atoms with Gasteiger partial charge in [0.2, 0.25) is 23.7 Å². The lowest BCUT2D eigenvalue weighted by atomic mass is 9.49. The zero-order chi connectivity index (χ0) is 50.8. The monoisotopic (exact) mass is 992 g/mol. The summed E-state index contributed by atoms with van der Waals surface area (Å²) in [6, 6.07) is 18.2. The molecule has 2 unspecified atom stereocenters. The van der Waals surface area contributed by atoms with Crippen molar-refractivity contribution in [3.8, 4) is 28.3 Å². The summed E-state index contributed by atoms with van der Waals surface area (Å²) in [5.74, 6) is 0.823. The molecular formula is C55H69N13O5. The van der Waals surface area contributed by atoms with E-state index in [-0.39, 0.29) is 66.4 Å². The molecular weight excluding hydrogens is 923 g/mol. The number of phenols is 1. The number of rotatable bonds is 12. The Balaban J connectivity index is 0.631. The number of hydrogen-bond acceptors (Lipinski definition) is 14. The summed E-state index contributed by atoms with van der Waals surface area (Å²) in [5.41, 5.74) is 12.1. The fourth-order valence-corrected chi connectivity index (χ4v) is 13.0. The molecule has 18 nitrogen and oxygen atoms in total. The number of nitrogens with one attached hydrogen (secondary N) is 2. The standard InChI is InChI=1S/C55H69N13O5/c1-54(2,3)48(52(73)67-32-41(69)21-46(67)51(72)57-27-33-9-11-35(12-10-33)44-15-18-60-64(44)4)61-50(71)36-23-55(24-36)25-40(26-55)65-19-16-34(17-20-65)37-28-58-53(59-29-37)68-38-13-14-39(68)31-66(30-38)45-22-43(62-63-49(45)56)42-7-5-6-8-47(42)70/h5-12,15,18,22,28-29,34,36,38-41,46,48,69-70H,13-14,16-17,19-21,23-27,30-32H2,1-4H3,(H2,56,63)(H,57,72)(H,61,71)/t36?,38?,39?,40?,41-,46+,48-,55?/m1/s1. The second kappa shape index (κ2) is 19.3. The number of nitrogens with zero attached hydrogens (tertiary/aromatic N) is 10. The second-order valence-electron chi connectivity index (χ2n) is 23.0. The molecule has 6 fully saturated rings. The Labute approximate surface area is 426 Å². The molecule has 5 aromatic rings. The number of aliphatic hydroxyl groups is 1. The number of aryl methyl sites for hydroxylation is 1. The molecule has 11 rings (SSSR count). The van der Waals surface area contributed by atoms with E-state index in [0.717, 1.165) is 106 Å². The number of aliphatic hydroxyl groups excluding tert-OH is 1. The van der Waals surface area contributed by atoms with Crippen molar-refractivity contribution in [2.75, 3.05) is 48.3 Å². The van der Waals surface area contributed by atoms with Gasteiger partial charge in [-0.15, -0.1) is 10.2 Å². The first kappa shape index (κ1) is 48.6. The van der Waals surface area contributed by atoms with Crippen LogP contribution in [0.25, 0.3) is 22.5 Å². The van der Waals surface area contributed by atoms with Gasteiger partial charge in [0.1, 0.15) is 17.8 Å². The van der Waals surface area contributed by atoms with Crippen LogP contribution in [0.15, 0.2) is 79.3 Å². The van der Waals surface area contributed by atoms with Gasteiger partial charge in [-0.1, -0.05) is 57.2 Å².